The Labute approximate surface area is 158 Å². The smallest absolute Gasteiger partial charge is 0.464 e. The Morgan fingerprint density at radius 1 is 1.27 bits per heavy atom. The second-order valence-electron chi connectivity index (χ2n) is 7.29. The summed E-state index contributed by atoms with van der Waals surface area (Å²) in [6.45, 7) is 7.93. The van der Waals surface area contributed by atoms with Crippen LogP contribution in [0.3, 0.4) is 0 Å². The SMILES string of the molecule is CN(Cc1ccc(B2OC(C)(C)C(C)(C)O2)c(Cl)c1)N(CC=O)C(=O)O. The van der Waals surface area contributed by atoms with Gasteiger partial charge >= 0.3 is 13.2 Å². The first-order valence-corrected chi connectivity index (χ1v) is 8.65. The van der Waals surface area contributed by atoms with E-state index < -0.39 is 24.4 Å². The van der Waals surface area contributed by atoms with Gasteiger partial charge in [-0.25, -0.2) is 14.8 Å². The van der Waals surface area contributed by atoms with Crippen molar-refractivity contribution in [3.8, 4) is 0 Å². The standard InChI is InChI=1S/C17H24BClN2O5/c1-16(2)17(3,4)26-18(25-16)13-7-6-12(10-14(13)19)11-20(5)21(8-9-22)15(23)24/h6-7,9-10H,8,11H2,1-5H3,(H,23,24). The summed E-state index contributed by atoms with van der Waals surface area (Å²) in [6, 6.07) is 5.40. The molecule has 1 heterocycles. The van der Waals surface area contributed by atoms with E-state index in [9.17, 15) is 9.59 Å². The summed E-state index contributed by atoms with van der Waals surface area (Å²) in [5.41, 5.74) is 0.600. The fourth-order valence-corrected chi connectivity index (χ4v) is 2.91. The molecule has 0 unspecified atom stereocenters. The number of hydrazine groups is 1. The number of carboxylic acid groups (broad SMARTS) is 1. The molecule has 1 aromatic carbocycles. The summed E-state index contributed by atoms with van der Waals surface area (Å²) in [7, 11) is 1.03. The van der Waals surface area contributed by atoms with E-state index in [0.717, 1.165) is 16.0 Å². The molecule has 1 fully saturated rings. The maximum Gasteiger partial charge on any atom is 0.496 e. The summed E-state index contributed by atoms with van der Waals surface area (Å²) < 4.78 is 12.0. The van der Waals surface area contributed by atoms with E-state index in [4.69, 9.17) is 26.0 Å². The molecular formula is C17H24BClN2O5. The first-order chi connectivity index (χ1) is 12.0. The van der Waals surface area contributed by atoms with Gasteiger partial charge in [0.2, 0.25) is 0 Å². The Balaban J connectivity index is 2.15. The third-order valence-corrected chi connectivity index (χ3v) is 5.19. The summed E-state index contributed by atoms with van der Waals surface area (Å²) in [4.78, 5) is 21.9. The lowest BCUT2D eigenvalue weighted by atomic mass is 9.78. The van der Waals surface area contributed by atoms with E-state index in [1.807, 2.05) is 39.8 Å². The second kappa shape index (κ2) is 7.56. The lowest BCUT2D eigenvalue weighted by Gasteiger charge is -2.32. The van der Waals surface area contributed by atoms with Crippen molar-refractivity contribution in [3.63, 3.8) is 0 Å². The van der Waals surface area contributed by atoms with Crippen LogP contribution in [0.25, 0.3) is 0 Å². The van der Waals surface area contributed by atoms with Crippen LogP contribution in [0, 0.1) is 0 Å². The van der Waals surface area contributed by atoms with E-state index in [-0.39, 0.29) is 13.1 Å². The minimum Gasteiger partial charge on any atom is -0.464 e. The highest BCUT2D eigenvalue weighted by Crippen LogP contribution is 2.37. The Morgan fingerprint density at radius 3 is 2.31 bits per heavy atom. The first kappa shape index (κ1) is 20.7. The van der Waals surface area contributed by atoms with Gasteiger partial charge in [0.1, 0.15) is 6.29 Å². The Morgan fingerprint density at radius 2 is 1.85 bits per heavy atom. The highest BCUT2D eigenvalue weighted by Gasteiger charge is 2.52. The van der Waals surface area contributed by atoms with Gasteiger partial charge in [-0.3, -0.25) is 0 Å². The highest BCUT2D eigenvalue weighted by atomic mass is 35.5. The molecule has 0 bridgehead atoms. The molecule has 7 nitrogen and oxygen atoms in total. The van der Waals surface area contributed by atoms with Gasteiger partial charge in [0, 0.05) is 24.1 Å². The van der Waals surface area contributed by atoms with Crippen molar-refractivity contribution >= 4 is 36.6 Å². The topological polar surface area (TPSA) is 79.3 Å². The van der Waals surface area contributed by atoms with Crippen LogP contribution in [0.5, 0.6) is 0 Å². The summed E-state index contributed by atoms with van der Waals surface area (Å²) in [6.07, 6.45) is -0.654. The largest absolute Gasteiger partial charge is 0.496 e. The van der Waals surface area contributed by atoms with Crippen LogP contribution in [0.2, 0.25) is 5.02 Å². The quantitative estimate of drug-likeness (QED) is 0.461. The van der Waals surface area contributed by atoms with Crippen molar-refractivity contribution in [2.24, 2.45) is 0 Å². The first-order valence-electron chi connectivity index (χ1n) is 8.27. The molecule has 0 atom stereocenters. The molecule has 26 heavy (non-hydrogen) atoms. The number of carbonyl (C=O) groups excluding carboxylic acids is 1. The molecule has 1 aliphatic heterocycles. The van der Waals surface area contributed by atoms with E-state index in [0.29, 0.717) is 11.3 Å². The number of rotatable bonds is 6. The van der Waals surface area contributed by atoms with Crippen LogP contribution < -0.4 is 5.46 Å². The second-order valence-corrected chi connectivity index (χ2v) is 7.70. The fourth-order valence-electron chi connectivity index (χ4n) is 2.61. The normalized spacial score (nSPS) is 18.2. The molecule has 1 N–H and O–H groups in total. The van der Waals surface area contributed by atoms with Gasteiger partial charge in [-0.05, 0) is 39.3 Å². The van der Waals surface area contributed by atoms with Crippen molar-refractivity contribution in [2.45, 2.75) is 45.4 Å². The molecule has 0 aliphatic carbocycles. The van der Waals surface area contributed by atoms with Crippen molar-refractivity contribution in [3.05, 3.63) is 28.8 Å². The Kier molecular flexibility index (Phi) is 6.02. The van der Waals surface area contributed by atoms with Crippen molar-refractivity contribution in [1.29, 1.82) is 0 Å². The molecule has 0 spiro atoms. The van der Waals surface area contributed by atoms with Crippen molar-refractivity contribution in [2.75, 3.05) is 13.6 Å². The average Bonchev–Trinajstić information content (AvgIpc) is 2.72. The molecule has 142 valence electrons. The van der Waals surface area contributed by atoms with Gasteiger partial charge in [-0.2, -0.15) is 0 Å². The number of aldehydes is 1. The molecule has 0 aromatic heterocycles. The molecule has 1 aromatic rings. The van der Waals surface area contributed by atoms with Gasteiger partial charge in [0.05, 0.1) is 17.7 Å². The zero-order valence-electron chi connectivity index (χ0n) is 15.7. The number of halogens is 1. The van der Waals surface area contributed by atoms with Gasteiger partial charge in [-0.15, -0.1) is 0 Å². The lowest BCUT2D eigenvalue weighted by molar-refractivity contribution is -0.112. The molecule has 1 saturated heterocycles. The molecule has 2 rings (SSSR count). The van der Waals surface area contributed by atoms with E-state index >= 15 is 0 Å². The molecule has 1 amide bonds. The van der Waals surface area contributed by atoms with Crippen LogP contribution in [0.15, 0.2) is 18.2 Å². The van der Waals surface area contributed by atoms with Crippen LogP contribution in [-0.2, 0) is 20.6 Å². The van der Waals surface area contributed by atoms with Gasteiger partial charge < -0.3 is 19.2 Å². The zero-order chi connectivity index (χ0) is 19.7. The van der Waals surface area contributed by atoms with E-state index in [1.54, 1.807) is 13.1 Å². The predicted molar refractivity (Wildman–Crippen MR) is 99.4 cm³/mol. The molecule has 0 saturated carbocycles. The minimum absolute atomic E-state index is 0.231. The van der Waals surface area contributed by atoms with E-state index in [1.165, 1.54) is 5.01 Å². The molecule has 1 aliphatic rings. The third kappa shape index (κ3) is 4.20. The number of carbonyl (C=O) groups is 2. The molecular weight excluding hydrogens is 358 g/mol. The summed E-state index contributed by atoms with van der Waals surface area (Å²) >= 11 is 6.42. The zero-order valence-corrected chi connectivity index (χ0v) is 16.4. The number of hydrogen-bond acceptors (Lipinski definition) is 5. The van der Waals surface area contributed by atoms with E-state index in [2.05, 4.69) is 0 Å². The summed E-state index contributed by atoms with van der Waals surface area (Å²) in [5, 5.41) is 12.0. The number of benzene rings is 1. The van der Waals surface area contributed by atoms with Crippen molar-refractivity contribution in [1.82, 2.24) is 10.0 Å². The summed E-state index contributed by atoms with van der Waals surface area (Å²) in [5.74, 6) is 0. The number of hydrogen-bond donors (Lipinski definition) is 1. The van der Waals surface area contributed by atoms with Crippen LogP contribution in [-0.4, -0.2) is 59.4 Å². The maximum atomic E-state index is 11.2. The molecule has 9 heteroatoms. The third-order valence-electron chi connectivity index (χ3n) is 4.86. The average molecular weight is 383 g/mol. The number of amides is 1. The minimum atomic E-state index is -1.19. The number of nitrogens with zero attached hydrogens (tertiary/aromatic N) is 2. The molecule has 0 radical (unpaired) electrons. The monoisotopic (exact) mass is 382 g/mol. The highest BCUT2D eigenvalue weighted by molar-refractivity contribution is 6.65. The van der Waals surface area contributed by atoms with Gasteiger partial charge in [0.25, 0.3) is 0 Å². The van der Waals surface area contributed by atoms with Crippen molar-refractivity contribution < 1.29 is 24.0 Å². The van der Waals surface area contributed by atoms with Crippen LogP contribution in [0.4, 0.5) is 4.79 Å². The lowest BCUT2D eigenvalue weighted by Crippen LogP contribution is -2.44. The predicted octanol–water partition coefficient (Wildman–Crippen LogP) is 2.16. The van der Waals surface area contributed by atoms with Gasteiger partial charge in [0.15, 0.2) is 0 Å². The Bertz CT molecular complexity index is 682. The van der Waals surface area contributed by atoms with Crippen LogP contribution >= 0.6 is 11.6 Å². The van der Waals surface area contributed by atoms with Gasteiger partial charge in [-0.1, -0.05) is 23.7 Å². The Hall–Kier alpha value is -1.61. The fraction of sp³-hybridized carbons (Fsp3) is 0.529. The van der Waals surface area contributed by atoms with Crippen LogP contribution in [0.1, 0.15) is 33.3 Å². The maximum absolute atomic E-state index is 11.2.